The van der Waals surface area contributed by atoms with E-state index in [4.69, 9.17) is 4.74 Å². The molecule has 0 radical (unpaired) electrons. The fourth-order valence-corrected chi connectivity index (χ4v) is 1.40. The Hall–Kier alpha value is 0.130. The Morgan fingerprint density at radius 2 is 2.08 bits per heavy atom. The van der Waals surface area contributed by atoms with Crippen LogP contribution in [0.3, 0.4) is 0 Å². The average molecular weight is 208 g/mol. The number of aryl methyl sites for hydroxylation is 1. The smallest absolute Gasteiger partial charge is 0.768 e. The van der Waals surface area contributed by atoms with Crippen LogP contribution in [0.2, 0.25) is 0 Å². The Morgan fingerprint density at radius 3 is 2.54 bits per heavy atom. The predicted molar refractivity (Wildman–Crippen MR) is 44.9 cm³/mol. The molecule has 1 rings (SSSR count). The number of hydrogen-bond donors (Lipinski definition) is 0. The second-order valence-corrected chi connectivity index (χ2v) is 3.30. The summed E-state index contributed by atoms with van der Waals surface area (Å²) in [5, 5.41) is 0. The molecule has 5 heteroatoms. The largest absolute Gasteiger partial charge is 1.00 e. The van der Waals surface area contributed by atoms with Crippen molar-refractivity contribution in [3.63, 3.8) is 0 Å². The first-order valence-electron chi connectivity index (χ1n) is 3.39. The Morgan fingerprint density at radius 1 is 1.46 bits per heavy atom. The zero-order valence-electron chi connectivity index (χ0n) is 7.87. The van der Waals surface area contributed by atoms with Gasteiger partial charge in [-0.25, -0.2) is 0 Å². The Kier molecular flexibility index (Phi) is 5.83. The van der Waals surface area contributed by atoms with E-state index in [0.29, 0.717) is 5.75 Å². The molecule has 1 unspecified atom stereocenters. The summed E-state index contributed by atoms with van der Waals surface area (Å²) in [7, 11) is 1.45. The van der Waals surface area contributed by atoms with Crippen LogP contribution in [-0.4, -0.2) is 15.9 Å². The van der Waals surface area contributed by atoms with Crippen molar-refractivity contribution >= 4 is 11.1 Å². The van der Waals surface area contributed by atoms with Gasteiger partial charge in [0.05, 0.1) is 12.0 Å². The van der Waals surface area contributed by atoms with Gasteiger partial charge in [0.1, 0.15) is 5.75 Å². The van der Waals surface area contributed by atoms with Crippen LogP contribution in [0.5, 0.6) is 5.75 Å². The minimum absolute atomic E-state index is 0. The summed E-state index contributed by atoms with van der Waals surface area (Å²) < 4.78 is 26.1. The molecule has 1 atom stereocenters. The minimum Gasteiger partial charge on any atom is -0.768 e. The van der Waals surface area contributed by atoms with Gasteiger partial charge < -0.3 is 9.29 Å². The fourth-order valence-electron chi connectivity index (χ4n) is 0.912. The van der Waals surface area contributed by atoms with E-state index in [-0.39, 0.29) is 34.5 Å². The molecule has 66 valence electrons. The van der Waals surface area contributed by atoms with Crippen molar-refractivity contribution in [2.45, 2.75) is 11.8 Å². The maximum absolute atomic E-state index is 10.6. The van der Waals surface area contributed by atoms with E-state index in [0.717, 1.165) is 5.56 Å². The molecule has 3 nitrogen and oxygen atoms in total. The van der Waals surface area contributed by atoms with Crippen molar-refractivity contribution in [3.05, 3.63) is 23.8 Å². The molecule has 13 heavy (non-hydrogen) atoms. The molecule has 0 aliphatic heterocycles. The molecule has 0 aliphatic carbocycles. The second kappa shape index (κ2) is 5.78. The van der Waals surface area contributed by atoms with Gasteiger partial charge in [0.2, 0.25) is 0 Å². The second-order valence-electron chi connectivity index (χ2n) is 2.39. The van der Waals surface area contributed by atoms with E-state index in [1.165, 1.54) is 13.2 Å². The van der Waals surface area contributed by atoms with Crippen LogP contribution < -0.4 is 34.3 Å². The van der Waals surface area contributed by atoms with Crippen molar-refractivity contribution in [2.24, 2.45) is 0 Å². The van der Waals surface area contributed by atoms with Crippen LogP contribution in [0.1, 0.15) is 5.56 Å². The number of rotatable bonds is 2. The van der Waals surface area contributed by atoms with Crippen LogP contribution in [0, 0.1) is 6.92 Å². The zero-order chi connectivity index (χ0) is 9.14. The van der Waals surface area contributed by atoms with Gasteiger partial charge in [0.25, 0.3) is 0 Å². The topological polar surface area (TPSA) is 49.4 Å². The third-order valence-electron chi connectivity index (χ3n) is 1.50. The maximum atomic E-state index is 10.6. The van der Waals surface area contributed by atoms with E-state index in [2.05, 4.69) is 0 Å². The van der Waals surface area contributed by atoms with E-state index < -0.39 is 11.1 Å². The third kappa shape index (κ3) is 3.40. The van der Waals surface area contributed by atoms with E-state index in [1.54, 1.807) is 12.1 Å². The maximum Gasteiger partial charge on any atom is 1.00 e. The molecule has 0 aromatic heterocycles. The molecular formula is C8H9NaO3S. The SMILES string of the molecule is COc1cc(C)ccc1S(=O)[O-].[Na+]. The summed E-state index contributed by atoms with van der Waals surface area (Å²) in [6, 6.07) is 4.94. The van der Waals surface area contributed by atoms with Gasteiger partial charge in [-0.15, -0.1) is 0 Å². The van der Waals surface area contributed by atoms with Crippen LogP contribution in [-0.2, 0) is 11.1 Å². The molecule has 0 N–H and O–H groups in total. The van der Waals surface area contributed by atoms with Gasteiger partial charge in [0, 0.05) is 0 Å². The van der Waals surface area contributed by atoms with E-state index in [9.17, 15) is 8.76 Å². The zero-order valence-corrected chi connectivity index (χ0v) is 10.7. The van der Waals surface area contributed by atoms with Gasteiger partial charge in [-0.2, -0.15) is 0 Å². The van der Waals surface area contributed by atoms with Crippen molar-refractivity contribution in [1.29, 1.82) is 0 Å². The van der Waals surface area contributed by atoms with Crippen LogP contribution in [0.4, 0.5) is 0 Å². The number of hydrogen-bond acceptors (Lipinski definition) is 3. The third-order valence-corrected chi connectivity index (χ3v) is 2.20. The standard InChI is InChI=1S/C8H10O3S.Na/c1-6-3-4-8(12(9)10)7(5-6)11-2;/h3-5H,1-2H3,(H,9,10);/q;+1/p-1. The normalized spacial score (nSPS) is 11.6. The van der Waals surface area contributed by atoms with Crippen molar-refractivity contribution in [2.75, 3.05) is 7.11 Å². The van der Waals surface area contributed by atoms with Gasteiger partial charge in [-0.3, -0.25) is 4.21 Å². The van der Waals surface area contributed by atoms with Crippen molar-refractivity contribution in [3.8, 4) is 5.75 Å². The molecule has 0 spiro atoms. The van der Waals surface area contributed by atoms with Crippen LogP contribution in [0.25, 0.3) is 0 Å². The predicted octanol–water partition coefficient (Wildman–Crippen LogP) is -1.75. The fraction of sp³-hybridized carbons (Fsp3) is 0.250. The van der Waals surface area contributed by atoms with Crippen LogP contribution in [0.15, 0.2) is 23.1 Å². The first kappa shape index (κ1) is 13.1. The molecule has 1 aromatic carbocycles. The molecule has 0 saturated heterocycles. The summed E-state index contributed by atoms with van der Waals surface area (Å²) in [5.41, 5.74) is 0.973. The molecule has 0 fully saturated rings. The quantitative estimate of drug-likeness (QED) is 0.427. The molecule has 0 amide bonds. The van der Waals surface area contributed by atoms with E-state index >= 15 is 0 Å². The first-order chi connectivity index (χ1) is 5.65. The Bertz CT molecular complexity index is 314. The molecule has 0 saturated carbocycles. The van der Waals surface area contributed by atoms with Gasteiger partial charge in [-0.1, -0.05) is 6.07 Å². The molecule has 0 heterocycles. The summed E-state index contributed by atoms with van der Waals surface area (Å²) in [6.45, 7) is 1.88. The molecule has 1 aromatic rings. The van der Waals surface area contributed by atoms with Crippen molar-refractivity contribution in [1.82, 2.24) is 0 Å². The Labute approximate surface area is 102 Å². The van der Waals surface area contributed by atoms with Gasteiger partial charge in [-0.05, 0) is 35.7 Å². The van der Waals surface area contributed by atoms with Gasteiger partial charge >= 0.3 is 29.6 Å². The summed E-state index contributed by atoms with van der Waals surface area (Å²) in [6.07, 6.45) is 0. The average Bonchev–Trinajstić information content (AvgIpc) is 2.03. The number of methoxy groups -OCH3 is 1. The minimum atomic E-state index is -2.22. The summed E-state index contributed by atoms with van der Waals surface area (Å²) in [4.78, 5) is 0.197. The van der Waals surface area contributed by atoms with Gasteiger partial charge in [0.15, 0.2) is 0 Å². The molecule has 0 aliphatic rings. The number of benzene rings is 1. The first-order valence-corrected chi connectivity index (χ1v) is 4.46. The number of ether oxygens (including phenoxy) is 1. The van der Waals surface area contributed by atoms with Crippen molar-refractivity contribution < 1.29 is 43.1 Å². The van der Waals surface area contributed by atoms with Crippen LogP contribution >= 0.6 is 0 Å². The summed E-state index contributed by atoms with van der Waals surface area (Å²) >= 11 is -2.22. The molecule has 0 bridgehead atoms. The molecular weight excluding hydrogens is 199 g/mol. The summed E-state index contributed by atoms with van der Waals surface area (Å²) in [5.74, 6) is 0.392. The Balaban J connectivity index is 0.00000144. The monoisotopic (exact) mass is 208 g/mol. The van der Waals surface area contributed by atoms with E-state index in [1.807, 2.05) is 6.92 Å².